The molecule has 0 atom stereocenters. The summed E-state index contributed by atoms with van der Waals surface area (Å²) in [5.74, 6) is 0.891. The number of hydrogen-bond donors (Lipinski definition) is 0. The van der Waals surface area contributed by atoms with Crippen molar-refractivity contribution in [1.29, 1.82) is 0 Å². The maximum atomic E-state index is 11.6. The second kappa shape index (κ2) is 15.9. The Morgan fingerprint density at radius 3 is 1.40 bits per heavy atom. The van der Waals surface area contributed by atoms with Crippen LogP contribution in [0, 0.1) is 5.92 Å². The van der Waals surface area contributed by atoms with Crippen molar-refractivity contribution in [2.45, 2.75) is 130 Å². The minimum absolute atomic E-state index is 0.0170. The van der Waals surface area contributed by atoms with Gasteiger partial charge in [-0.3, -0.25) is 4.79 Å². The van der Waals surface area contributed by atoms with Crippen molar-refractivity contribution in [1.82, 2.24) is 0 Å². The molecule has 0 spiro atoms. The summed E-state index contributed by atoms with van der Waals surface area (Å²) >= 11 is 0. The smallest absolute Gasteiger partial charge is 0.292 e. The van der Waals surface area contributed by atoms with Crippen LogP contribution in [-0.2, 0) is 9.22 Å². The molecule has 0 aliphatic rings. The number of hydrogen-bond acceptors (Lipinski definition) is 2. The van der Waals surface area contributed by atoms with E-state index in [1.807, 2.05) is 0 Å². The second-order valence-corrected chi connectivity index (χ2v) is 13.5. The van der Waals surface area contributed by atoms with Crippen LogP contribution in [0.4, 0.5) is 0 Å². The Morgan fingerprint density at radius 2 is 1.04 bits per heavy atom. The third kappa shape index (κ3) is 21.6. The highest BCUT2D eigenvalue weighted by Crippen LogP contribution is 2.15. The zero-order chi connectivity index (χ0) is 19.0. The van der Waals surface area contributed by atoms with Crippen LogP contribution in [0.5, 0.6) is 0 Å². The van der Waals surface area contributed by atoms with E-state index < -0.39 is 8.32 Å². The van der Waals surface area contributed by atoms with Gasteiger partial charge >= 0.3 is 0 Å². The van der Waals surface area contributed by atoms with Gasteiger partial charge in [-0.15, -0.1) is 0 Å². The monoisotopic (exact) mass is 370 g/mol. The Labute approximate surface area is 159 Å². The van der Waals surface area contributed by atoms with Crippen LogP contribution in [0.15, 0.2) is 0 Å². The highest BCUT2D eigenvalue weighted by atomic mass is 28.4. The third-order valence-corrected chi connectivity index (χ3v) is 5.42. The van der Waals surface area contributed by atoms with Crippen LogP contribution in [0.2, 0.25) is 19.6 Å². The summed E-state index contributed by atoms with van der Waals surface area (Å²) < 4.78 is 5.46. The van der Waals surface area contributed by atoms with Crippen LogP contribution < -0.4 is 0 Å². The van der Waals surface area contributed by atoms with E-state index in [4.69, 9.17) is 4.43 Å². The quantitative estimate of drug-likeness (QED) is 0.192. The molecule has 0 aromatic rings. The van der Waals surface area contributed by atoms with Crippen LogP contribution in [0.1, 0.15) is 110 Å². The van der Waals surface area contributed by atoms with Crippen LogP contribution in [0.3, 0.4) is 0 Å². The van der Waals surface area contributed by atoms with Gasteiger partial charge in [0, 0.05) is 6.42 Å². The van der Waals surface area contributed by atoms with Gasteiger partial charge in [0.05, 0.1) is 0 Å². The zero-order valence-corrected chi connectivity index (χ0v) is 19.0. The molecule has 0 amide bonds. The van der Waals surface area contributed by atoms with Crippen molar-refractivity contribution >= 4 is 14.3 Å². The fourth-order valence-corrected chi connectivity index (χ4v) is 3.94. The first-order chi connectivity index (χ1) is 11.8. The summed E-state index contributed by atoms with van der Waals surface area (Å²) in [6.45, 7) is 10.8. The van der Waals surface area contributed by atoms with Crippen molar-refractivity contribution in [3.63, 3.8) is 0 Å². The molecule has 3 heteroatoms. The molecule has 0 aromatic heterocycles. The van der Waals surface area contributed by atoms with Gasteiger partial charge in [0.15, 0.2) is 0 Å². The highest BCUT2D eigenvalue weighted by Gasteiger charge is 2.19. The van der Waals surface area contributed by atoms with E-state index in [0.717, 1.165) is 12.3 Å². The summed E-state index contributed by atoms with van der Waals surface area (Å²) in [6, 6.07) is 0. The molecule has 0 aliphatic heterocycles. The fraction of sp³-hybridized carbons (Fsp3) is 0.955. The highest BCUT2D eigenvalue weighted by molar-refractivity contribution is 6.71. The van der Waals surface area contributed by atoms with E-state index in [1.54, 1.807) is 0 Å². The Bertz CT molecular complexity index is 308. The van der Waals surface area contributed by atoms with Gasteiger partial charge in [-0.1, -0.05) is 97.3 Å². The van der Waals surface area contributed by atoms with Crippen LogP contribution >= 0.6 is 0 Å². The van der Waals surface area contributed by atoms with Gasteiger partial charge < -0.3 is 4.43 Å². The summed E-state index contributed by atoms with van der Waals surface area (Å²) in [6.07, 6.45) is 19.6. The largest absolute Gasteiger partial charge is 0.520 e. The summed E-state index contributed by atoms with van der Waals surface area (Å²) in [5, 5.41) is 0. The number of rotatable bonds is 17. The Hall–Kier alpha value is -0.313. The van der Waals surface area contributed by atoms with E-state index in [0.29, 0.717) is 6.42 Å². The average Bonchev–Trinajstić information content (AvgIpc) is 2.49. The lowest BCUT2D eigenvalue weighted by molar-refractivity contribution is -0.135. The van der Waals surface area contributed by atoms with E-state index in [9.17, 15) is 4.79 Å². The lowest BCUT2D eigenvalue weighted by Crippen LogP contribution is -2.28. The molecule has 0 heterocycles. The average molecular weight is 371 g/mol. The van der Waals surface area contributed by atoms with Gasteiger partial charge in [0.1, 0.15) is 0 Å². The van der Waals surface area contributed by atoms with Crippen molar-refractivity contribution in [2.24, 2.45) is 5.92 Å². The third-order valence-electron chi connectivity index (χ3n) is 4.58. The first-order valence-electron chi connectivity index (χ1n) is 11.0. The van der Waals surface area contributed by atoms with Crippen LogP contribution in [0.25, 0.3) is 0 Å². The molecular weight excluding hydrogens is 324 g/mol. The first-order valence-corrected chi connectivity index (χ1v) is 14.4. The summed E-state index contributed by atoms with van der Waals surface area (Å²) in [7, 11) is -1.68. The number of unbranched alkanes of at least 4 members (excludes halogenated alkanes) is 12. The van der Waals surface area contributed by atoms with E-state index in [1.165, 1.54) is 83.5 Å². The molecule has 0 radical (unpaired) electrons. The van der Waals surface area contributed by atoms with Gasteiger partial charge in [0.2, 0.25) is 8.32 Å². The van der Waals surface area contributed by atoms with Crippen molar-refractivity contribution in [2.75, 3.05) is 0 Å². The van der Waals surface area contributed by atoms with Crippen molar-refractivity contribution in [3.05, 3.63) is 0 Å². The molecule has 150 valence electrons. The molecule has 0 saturated heterocycles. The number of carbonyl (C=O) groups is 1. The lowest BCUT2D eigenvalue weighted by Gasteiger charge is -2.17. The molecule has 0 saturated carbocycles. The standard InChI is InChI=1S/C22H46O2Si/c1-21(2)19-17-15-13-11-9-7-6-8-10-12-14-16-18-20-22(23)24-25(3,4)5/h21H,6-20H2,1-5H3. The summed E-state index contributed by atoms with van der Waals surface area (Å²) in [4.78, 5) is 11.6. The number of carbonyl (C=O) groups excluding carboxylic acids is 1. The topological polar surface area (TPSA) is 26.3 Å². The molecular formula is C22H46O2Si. The fourth-order valence-electron chi connectivity index (χ4n) is 3.16. The Kier molecular flexibility index (Phi) is 15.7. The zero-order valence-electron chi connectivity index (χ0n) is 18.0. The first kappa shape index (κ1) is 24.7. The Balaban J connectivity index is 3.16. The van der Waals surface area contributed by atoms with E-state index in [-0.39, 0.29) is 5.97 Å². The molecule has 0 unspecified atom stereocenters. The normalized spacial score (nSPS) is 11.9. The van der Waals surface area contributed by atoms with Gasteiger partial charge in [0.25, 0.3) is 5.97 Å². The second-order valence-electron chi connectivity index (χ2n) is 9.12. The van der Waals surface area contributed by atoms with Gasteiger partial charge in [-0.25, -0.2) is 0 Å². The maximum absolute atomic E-state index is 11.6. The molecule has 0 bridgehead atoms. The van der Waals surface area contributed by atoms with Crippen molar-refractivity contribution in [3.8, 4) is 0 Å². The molecule has 0 N–H and O–H groups in total. The summed E-state index contributed by atoms with van der Waals surface area (Å²) in [5.41, 5.74) is 0. The van der Waals surface area contributed by atoms with E-state index >= 15 is 0 Å². The molecule has 25 heavy (non-hydrogen) atoms. The lowest BCUT2D eigenvalue weighted by atomic mass is 10.0. The van der Waals surface area contributed by atoms with Crippen LogP contribution in [-0.4, -0.2) is 14.3 Å². The minimum Gasteiger partial charge on any atom is -0.520 e. The Morgan fingerprint density at radius 1 is 0.680 bits per heavy atom. The predicted octanol–water partition coefficient (Wildman–Crippen LogP) is 7.87. The predicted molar refractivity (Wildman–Crippen MR) is 114 cm³/mol. The molecule has 0 fully saturated rings. The van der Waals surface area contributed by atoms with Gasteiger partial charge in [-0.05, 0) is 32.0 Å². The van der Waals surface area contributed by atoms with Gasteiger partial charge in [-0.2, -0.15) is 0 Å². The molecule has 2 nitrogen and oxygen atoms in total. The SMILES string of the molecule is CC(C)CCCCCCCCCCCCCCCC(=O)O[Si](C)(C)C. The minimum atomic E-state index is -1.68. The van der Waals surface area contributed by atoms with Crippen molar-refractivity contribution < 1.29 is 9.22 Å². The molecule has 0 rings (SSSR count). The molecule has 0 aliphatic carbocycles. The van der Waals surface area contributed by atoms with E-state index in [2.05, 4.69) is 33.5 Å². The maximum Gasteiger partial charge on any atom is 0.292 e. The molecule has 0 aromatic carbocycles.